The molecule has 132 valence electrons. The molecule has 0 radical (unpaired) electrons. The maximum atomic E-state index is 13.5. The summed E-state index contributed by atoms with van der Waals surface area (Å²) < 4.78 is 39.4. The molecule has 1 aromatic rings. The van der Waals surface area contributed by atoms with Gasteiger partial charge in [0.05, 0.1) is 12.7 Å². The lowest BCUT2D eigenvalue weighted by atomic mass is 10.2. The zero-order valence-electron chi connectivity index (χ0n) is 13.6. The summed E-state index contributed by atoms with van der Waals surface area (Å²) in [7, 11) is 1.64. The Morgan fingerprint density at radius 3 is 2.42 bits per heavy atom. The number of anilines is 1. The number of amides is 2. The first-order valence-electron chi connectivity index (χ1n) is 7.82. The van der Waals surface area contributed by atoms with Crippen LogP contribution in [0.25, 0.3) is 0 Å². The number of hydrogen-bond acceptors (Lipinski definition) is 2. The van der Waals surface area contributed by atoms with Gasteiger partial charge in [-0.05, 0) is 37.8 Å². The molecule has 2 atom stereocenters. The Labute approximate surface area is 138 Å². The zero-order valence-corrected chi connectivity index (χ0v) is 13.6. The zero-order chi connectivity index (χ0) is 17.9. The van der Waals surface area contributed by atoms with E-state index in [1.165, 1.54) is 0 Å². The number of nitrogens with one attached hydrogen (secondary N) is 3. The van der Waals surface area contributed by atoms with E-state index in [4.69, 9.17) is 0 Å². The molecule has 3 N–H and O–H groups in total. The average molecular weight is 344 g/mol. The van der Waals surface area contributed by atoms with Crippen LogP contribution in [-0.2, 0) is 9.59 Å². The highest BCUT2D eigenvalue weighted by Gasteiger charge is 2.29. The molecular weight excluding hydrogens is 323 g/mol. The minimum Gasteiger partial charge on any atom is -0.348 e. The van der Waals surface area contributed by atoms with Crippen LogP contribution < -0.4 is 15.5 Å². The van der Waals surface area contributed by atoms with E-state index in [0.29, 0.717) is 10.8 Å². The van der Waals surface area contributed by atoms with Crippen LogP contribution >= 0.6 is 0 Å². The lowest BCUT2D eigenvalue weighted by Crippen LogP contribution is -3.11. The quantitative estimate of drug-likeness (QED) is 0.630. The highest BCUT2D eigenvalue weighted by molar-refractivity contribution is 5.91. The van der Waals surface area contributed by atoms with Crippen LogP contribution in [0.5, 0.6) is 0 Å². The average Bonchev–Trinajstić information content (AvgIpc) is 3.32. The molecule has 1 aliphatic carbocycles. The largest absolute Gasteiger partial charge is 0.348 e. The van der Waals surface area contributed by atoms with Crippen molar-refractivity contribution in [2.45, 2.75) is 25.8 Å². The molecule has 2 amide bonds. The fraction of sp³-hybridized carbons (Fsp3) is 0.500. The van der Waals surface area contributed by atoms with E-state index < -0.39 is 29.0 Å². The summed E-state index contributed by atoms with van der Waals surface area (Å²) in [6, 6.07) is 1.80. The maximum Gasteiger partial charge on any atom is 0.279 e. The van der Waals surface area contributed by atoms with Crippen LogP contribution in [-0.4, -0.2) is 38.0 Å². The molecule has 1 fully saturated rings. The van der Waals surface area contributed by atoms with Crippen LogP contribution in [0, 0.1) is 23.4 Å². The Bertz CT molecular complexity index is 635. The van der Waals surface area contributed by atoms with Gasteiger partial charge in [-0.15, -0.1) is 0 Å². The first kappa shape index (κ1) is 18.3. The van der Waals surface area contributed by atoms with E-state index >= 15 is 0 Å². The Morgan fingerprint density at radius 2 is 1.79 bits per heavy atom. The standard InChI is InChI=1S/C16H20F3N3O2/c1-9(10-3-4-10)20-13(23)7-22(2)8-14(24)21-12-6-5-11(17)15(18)16(12)19/h5-6,9-10H,3-4,7-8H2,1-2H3,(H,20,23)(H,21,24)/p+1/t9-/m1/s1. The fourth-order valence-electron chi connectivity index (χ4n) is 2.45. The fourth-order valence-corrected chi connectivity index (χ4v) is 2.45. The highest BCUT2D eigenvalue weighted by Crippen LogP contribution is 2.32. The van der Waals surface area contributed by atoms with Gasteiger partial charge >= 0.3 is 0 Å². The molecule has 0 saturated heterocycles. The molecule has 0 bridgehead atoms. The first-order valence-corrected chi connectivity index (χ1v) is 7.82. The monoisotopic (exact) mass is 344 g/mol. The van der Waals surface area contributed by atoms with Gasteiger partial charge in [0, 0.05) is 6.04 Å². The second-order valence-corrected chi connectivity index (χ2v) is 6.28. The van der Waals surface area contributed by atoms with Crippen LogP contribution in [0.3, 0.4) is 0 Å². The van der Waals surface area contributed by atoms with Gasteiger partial charge in [0.2, 0.25) is 0 Å². The van der Waals surface area contributed by atoms with Gasteiger partial charge < -0.3 is 15.5 Å². The summed E-state index contributed by atoms with van der Waals surface area (Å²) >= 11 is 0. The molecule has 1 saturated carbocycles. The third kappa shape index (κ3) is 4.95. The Morgan fingerprint density at radius 1 is 1.17 bits per heavy atom. The van der Waals surface area contributed by atoms with Crippen molar-refractivity contribution in [2.75, 3.05) is 25.5 Å². The van der Waals surface area contributed by atoms with Gasteiger partial charge in [0.25, 0.3) is 11.8 Å². The van der Waals surface area contributed by atoms with Crippen molar-refractivity contribution in [3.63, 3.8) is 0 Å². The molecular formula is C16H21F3N3O2+. The molecule has 5 nitrogen and oxygen atoms in total. The molecule has 0 spiro atoms. The SMILES string of the molecule is C[C@@H](NC(=O)C[NH+](C)CC(=O)Nc1ccc(F)c(F)c1F)C1CC1. The lowest BCUT2D eigenvalue weighted by molar-refractivity contribution is -0.862. The predicted molar refractivity (Wildman–Crippen MR) is 81.9 cm³/mol. The minimum absolute atomic E-state index is 0.0880. The van der Waals surface area contributed by atoms with Gasteiger partial charge in [-0.3, -0.25) is 9.59 Å². The summed E-state index contributed by atoms with van der Waals surface area (Å²) in [5.74, 6) is -4.64. The number of hydrogen-bond donors (Lipinski definition) is 3. The third-order valence-electron chi connectivity index (χ3n) is 3.95. The maximum absolute atomic E-state index is 13.5. The number of carbonyl (C=O) groups is 2. The predicted octanol–water partition coefficient (Wildman–Crippen LogP) is 0.472. The van der Waals surface area contributed by atoms with Gasteiger partial charge in [-0.1, -0.05) is 0 Å². The molecule has 1 aromatic carbocycles. The minimum atomic E-state index is -1.64. The van der Waals surface area contributed by atoms with Gasteiger partial charge in [0.1, 0.15) is 0 Å². The Balaban J connectivity index is 1.81. The second-order valence-electron chi connectivity index (χ2n) is 6.28. The molecule has 1 aliphatic rings. The molecule has 2 rings (SSSR count). The molecule has 0 heterocycles. The number of likely N-dealkylation sites (N-methyl/N-ethyl adjacent to an activating group) is 1. The summed E-state index contributed by atoms with van der Waals surface area (Å²) in [5, 5.41) is 5.05. The Hall–Kier alpha value is -2.09. The number of halogens is 3. The number of rotatable bonds is 7. The van der Waals surface area contributed by atoms with E-state index in [-0.39, 0.29) is 25.0 Å². The van der Waals surface area contributed by atoms with Crippen molar-refractivity contribution >= 4 is 17.5 Å². The van der Waals surface area contributed by atoms with Crippen molar-refractivity contribution in [1.82, 2.24) is 5.32 Å². The van der Waals surface area contributed by atoms with E-state index in [1.807, 2.05) is 6.92 Å². The van der Waals surface area contributed by atoms with E-state index in [9.17, 15) is 22.8 Å². The van der Waals surface area contributed by atoms with Gasteiger partial charge in [-0.2, -0.15) is 0 Å². The molecule has 1 unspecified atom stereocenters. The molecule has 8 heteroatoms. The van der Waals surface area contributed by atoms with Gasteiger partial charge in [-0.25, -0.2) is 13.2 Å². The number of benzene rings is 1. The smallest absolute Gasteiger partial charge is 0.279 e. The number of quaternary nitrogens is 1. The highest BCUT2D eigenvalue weighted by atomic mass is 19.2. The first-order chi connectivity index (χ1) is 11.3. The summed E-state index contributed by atoms with van der Waals surface area (Å²) in [4.78, 5) is 24.3. The van der Waals surface area contributed by atoms with Crippen LogP contribution in [0.4, 0.5) is 18.9 Å². The van der Waals surface area contributed by atoms with Gasteiger partial charge in [0.15, 0.2) is 30.5 Å². The summed E-state index contributed by atoms with van der Waals surface area (Å²) in [6.45, 7) is 1.93. The Kier molecular flexibility index (Phi) is 5.82. The normalized spacial score (nSPS) is 16.4. The summed E-state index contributed by atoms with van der Waals surface area (Å²) in [5.41, 5.74) is -0.432. The number of carbonyl (C=O) groups excluding carboxylic acids is 2. The van der Waals surface area contributed by atoms with Crippen LogP contribution in [0.15, 0.2) is 12.1 Å². The van der Waals surface area contributed by atoms with E-state index in [0.717, 1.165) is 25.0 Å². The van der Waals surface area contributed by atoms with E-state index in [2.05, 4.69) is 10.6 Å². The molecule has 24 heavy (non-hydrogen) atoms. The van der Waals surface area contributed by atoms with Crippen molar-refractivity contribution in [3.8, 4) is 0 Å². The molecule has 0 aliphatic heterocycles. The van der Waals surface area contributed by atoms with Crippen molar-refractivity contribution in [3.05, 3.63) is 29.6 Å². The lowest BCUT2D eigenvalue weighted by Gasteiger charge is -2.16. The second kappa shape index (κ2) is 7.65. The van der Waals surface area contributed by atoms with Crippen molar-refractivity contribution in [2.24, 2.45) is 5.92 Å². The van der Waals surface area contributed by atoms with Crippen LogP contribution in [0.2, 0.25) is 0 Å². The third-order valence-corrected chi connectivity index (χ3v) is 3.95. The molecule has 0 aromatic heterocycles. The van der Waals surface area contributed by atoms with Crippen LogP contribution in [0.1, 0.15) is 19.8 Å². The van der Waals surface area contributed by atoms with E-state index in [1.54, 1.807) is 7.05 Å². The van der Waals surface area contributed by atoms with Crippen molar-refractivity contribution < 1.29 is 27.7 Å². The van der Waals surface area contributed by atoms with Crippen molar-refractivity contribution in [1.29, 1.82) is 0 Å². The summed E-state index contributed by atoms with van der Waals surface area (Å²) in [6.07, 6.45) is 2.23. The topological polar surface area (TPSA) is 62.6 Å².